The number of rotatable bonds is 3. The first-order valence-corrected chi connectivity index (χ1v) is 9.85. The van der Waals surface area contributed by atoms with Gasteiger partial charge >= 0.3 is 0 Å². The standard InChI is InChI=1S/C25H16F2N2O3/c26-15-10-11-20(18(27)12-15)29-22(14-6-2-1-3-7-14)21(24(31)25(29)32)23(30)17-13-28-19-9-5-4-8-16(17)19/h1-13,22,28,30H/b23-21-. The number of aliphatic hydroxyl groups is 1. The van der Waals surface area contributed by atoms with E-state index in [0.717, 1.165) is 22.5 Å². The van der Waals surface area contributed by atoms with Crippen molar-refractivity contribution in [2.75, 3.05) is 4.90 Å². The molecule has 0 aliphatic carbocycles. The maximum absolute atomic E-state index is 14.7. The molecular formula is C25H16F2N2O3. The second-order valence-corrected chi connectivity index (χ2v) is 7.42. The number of hydrogen-bond acceptors (Lipinski definition) is 3. The molecule has 1 atom stereocenters. The Morgan fingerprint density at radius 2 is 1.66 bits per heavy atom. The fourth-order valence-corrected chi connectivity index (χ4v) is 4.12. The summed E-state index contributed by atoms with van der Waals surface area (Å²) in [7, 11) is 0. The molecule has 5 rings (SSSR count). The van der Waals surface area contributed by atoms with Gasteiger partial charge in [0.15, 0.2) is 0 Å². The molecule has 1 amide bonds. The number of hydrogen-bond donors (Lipinski definition) is 2. The molecule has 7 heteroatoms. The summed E-state index contributed by atoms with van der Waals surface area (Å²) >= 11 is 0. The third-order valence-electron chi connectivity index (χ3n) is 5.57. The van der Waals surface area contributed by atoms with Gasteiger partial charge in [-0.25, -0.2) is 8.78 Å². The summed E-state index contributed by atoms with van der Waals surface area (Å²) in [6.07, 6.45) is 1.55. The summed E-state index contributed by atoms with van der Waals surface area (Å²) in [5.41, 5.74) is 1.16. The number of aliphatic hydroxyl groups excluding tert-OH is 1. The summed E-state index contributed by atoms with van der Waals surface area (Å²) in [4.78, 5) is 30.1. The van der Waals surface area contributed by atoms with E-state index in [-0.39, 0.29) is 17.0 Å². The van der Waals surface area contributed by atoms with Crippen LogP contribution in [-0.4, -0.2) is 21.8 Å². The van der Waals surface area contributed by atoms with Gasteiger partial charge in [0.25, 0.3) is 11.7 Å². The van der Waals surface area contributed by atoms with Gasteiger partial charge in [0.1, 0.15) is 17.4 Å². The number of ketones is 1. The summed E-state index contributed by atoms with van der Waals surface area (Å²) < 4.78 is 28.2. The lowest BCUT2D eigenvalue weighted by Gasteiger charge is -2.25. The number of aromatic nitrogens is 1. The first kappa shape index (κ1) is 19.7. The maximum Gasteiger partial charge on any atom is 0.300 e. The summed E-state index contributed by atoms with van der Waals surface area (Å²) in [5, 5.41) is 11.9. The van der Waals surface area contributed by atoms with Crippen LogP contribution in [0.15, 0.2) is 84.6 Å². The smallest absolute Gasteiger partial charge is 0.300 e. The molecular weight excluding hydrogens is 414 g/mol. The Bertz CT molecular complexity index is 1410. The number of amides is 1. The molecule has 1 fully saturated rings. The van der Waals surface area contributed by atoms with Crippen molar-refractivity contribution in [2.45, 2.75) is 6.04 Å². The Morgan fingerprint density at radius 3 is 2.41 bits per heavy atom. The Hall–Kier alpha value is -4.26. The van der Waals surface area contributed by atoms with Crippen LogP contribution in [0, 0.1) is 11.6 Å². The van der Waals surface area contributed by atoms with Crippen LogP contribution in [0.25, 0.3) is 16.7 Å². The lowest BCUT2D eigenvalue weighted by Crippen LogP contribution is -2.30. The van der Waals surface area contributed by atoms with E-state index in [4.69, 9.17) is 0 Å². The Balaban J connectivity index is 1.77. The van der Waals surface area contributed by atoms with Gasteiger partial charge < -0.3 is 10.1 Å². The third kappa shape index (κ3) is 2.98. The second-order valence-electron chi connectivity index (χ2n) is 7.42. The molecule has 2 heterocycles. The molecule has 4 aromatic rings. The Labute approximate surface area is 181 Å². The molecule has 0 saturated carbocycles. The lowest BCUT2D eigenvalue weighted by atomic mass is 9.95. The van der Waals surface area contributed by atoms with Gasteiger partial charge in [0.05, 0.1) is 17.3 Å². The third-order valence-corrected chi connectivity index (χ3v) is 5.57. The van der Waals surface area contributed by atoms with Gasteiger partial charge in [-0.15, -0.1) is 0 Å². The highest BCUT2D eigenvalue weighted by Crippen LogP contribution is 2.43. The highest BCUT2D eigenvalue weighted by Gasteiger charge is 2.47. The van der Waals surface area contributed by atoms with Gasteiger partial charge in [0.2, 0.25) is 0 Å². The normalized spacial score (nSPS) is 17.9. The number of carbonyl (C=O) groups excluding carboxylic acids is 2. The molecule has 1 aromatic heterocycles. The predicted octanol–water partition coefficient (Wildman–Crippen LogP) is 5.07. The van der Waals surface area contributed by atoms with Crippen molar-refractivity contribution in [1.29, 1.82) is 0 Å². The quantitative estimate of drug-likeness (QED) is 0.271. The van der Waals surface area contributed by atoms with Crippen LogP contribution in [0.3, 0.4) is 0 Å². The molecule has 0 spiro atoms. The zero-order valence-electron chi connectivity index (χ0n) is 16.5. The number of Topliss-reactive ketones (excluding diaryl/α,β-unsaturated/α-hetero) is 1. The summed E-state index contributed by atoms with van der Waals surface area (Å²) in [6, 6.07) is 17.4. The number of nitrogens with one attached hydrogen (secondary N) is 1. The van der Waals surface area contributed by atoms with Gasteiger partial charge in [-0.05, 0) is 23.8 Å². The van der Waals surface area contributed by atoms with Gasteiger partial charge in [-0.1, -0.05) is 48.5 Å². The largest absolute Gasteiger partial charge is 0.507 e. The minimum absolute atomic E-state index is 0.172. The van der Waals surface area contributed by atoms with E-state index in [1.54, 1.807) is 48.7 Å². The summed E-state index contributed by atoms with van der Waals surface area (Å²) in [5.74, 6) is -4.13. The van der Waals surface area contributed by atoms with Crippen LogP contribution >= 0.6 is 0 Å². The SMILES string of the molecule is O=C1C(=O)N(c2ccc(F)cc2F)C(c2ccccc2)/C1=C(/O)c1c[nH]c2ccccc12. The van der Waals surface area contributed by atoms with Crippen LogP contribution in [-0.2, 0) is 9.59 Å². The second kappa shape index (κ2) is 7.46. The zero-order chi connectivity index (χ0) is 22.4. The molecule has 158 valence electrons. The Morgan fingerprint density at radius 1 is 0.938 bits per heavy atom. The number of H-pyrrole nitrogens is 1. The van der Waals surface area contributed by atoms with Crippen LogP contribution < -0.4 is 4.90 Å². The number of nitrogens with zero attached hydrogens (tertiary/aromatic N) is 1. The topological polar surface area (TPSA) is 73.4 Å². The average Bonchev–Trinajstić information content (AvgIpc) is 3.34. The van der Waals surface area contributed by atoms with E-state index in [1.807, 2.05) is 12.1 Å². The molecule has 1 unspecified atom stereocenters. The number of anilines is 1. The highest BCUT2D eigenvalue weighted by atomic mass is 19.1. The van der Waals surface area contributed by atoms with Crippen molar-refractivity contribution in [3.8, 4) is 0 Å². The molecule has 5 nitrogen and oxygen atoms in total. The predicted molar refractivity (Wildman–Crippen MR) is 116 cm³/mol. The Kier molecular flexibility index (Phi) is 4.59. The van der Waals surface area contributed by atoms with Crippen molar-refractivity contribution < 1.29 is 23.5 Å². The molecule has 2 N–H and O–H groups in total. The molecule has 3 aromatic carbocycles. The van der Waals surface area contributed by atoms with Crippen LogP contribution in [0.1, 0.15) is 17.2 Å². The maximum atomic E-state index is 14.7. The minimum atomic E-state index is -1.09. The zero-order valence-corrected chi connectivity index (χ0v) is 16.5. The molecule has 1 aliphatic rings. The first-order valence-electron chi connectivity index (χ1n) is 9.85. The monoisotopic (exact) mass is 430 g/mol. The number of fused-ring (bicyclic) bond motifs is 1. The average molecular weight is 430 g/mol. The van der Waals surface area contributed by atoms with Gasteiger partial charge in [0, 0.05) is 28.7 Å². The van der Waals surface area contributed by atoms with Crippen LogP contribution in [0.5, 0.6) is 0 Å². The van der Waals surface area contributed by atoms with Crippen LogP contribution in [0.4, 0.5) is 14.5 Å². The van der Waals surface area contributed by atoms with Crippen molar-refractivity contribution in [2.24, 2.45) is 0 Å². The van der Waals surface area contributed by atoms with Gasteiger partial charge in [-0.3, -0.25) is 14.5 Å². The lowest BCUT2D eigenvalue weighted by molar-refractivity contribution is -0.132. The highest BCUT2D eigenvalue weighted by molar-refractivity contribution is 6.51. The number of carbonyl (C=O) groups is 2. The van der Waals surface area contributed by atoms with Crippen molar-refractivity contribution in [1.82, 2.24) is 4.98 Å². The van der Waals surface area contributed by atoms with E-state index in [0.29, 0.717) is 22.6 Å². The van der Waals surface area contributed by atoms with Crippen molar-refractivity contribution in [3.63, 3.8) is 0 Å². The number of aromatic amines is 1. The fourth-order valence-electron chi connectivity index (χ4n) is 4.12. The van der Waals surface area contributed by atoms with E-state index in [9.17, 15) is 23.5 Å². The van der Waals surface area contributed by atoms with Gasteiger partial charge in [-0.2, -0.15) is 0 Å². The van der Waals surface area contributed by atoms with Crippen molar-refractivity contribution >= 4 is 34.0 Å². The summed E-state index contributed by atoms with van der Waals surface area (Å²) in [6.45, 7) is 0. The number of para-hydroxylation sites is 1. The fraction of sp³-hybridized carbons (Fsp3) is 0.0400. The number of halogens is 2. The molecule has 0 radical (unpaired) electrons. The minimum Gasteiger partial charge on any atom is -0.507 e. The molecule has 1 aliphatic heterocycles. The van der Waals surface area contributed by atoms with E-state index < -0.39 is 29.4 Å². The van der Waals surface area contributed by atoms with Crippen LogP contribution in [0.2, 0.25) is 0 Å². The molecule has 0 bridgehead atoms. The van der Waals surface area contributed by atoms with E-state index in [2.05, 4.69) is 4.98 Å². The van der Waals surface area contributed by atoms with E-state index in [1.165, 1.54) is 0 Å². The molecule has 32 heavy (non-hydrogen) atoms. The number of benzene rings is 3. The first-order chi connectivity index (χ1) is 15.5. The van der Waals surface area contributed by atoms with E-state index >= 15 is 0 Å². The molecule has 1 saturated heterocycles. The van der Waals surface area contributed by atoms with Crippen molar-refractivity contribution in [3.05, 3.63) is 107 Å².